The molecular weight excluding hydrogens is 446 g/mol. The van der Waals surface area contributed by atoms with Crippen molar-refractivity contribution in [2.24, 2.45) is 0 Å². The zero-order chi connectivity index (χ0) is 26.5. The van der Waals surface area contributed by atoms with E-state index < -0.39 is 12.1 Å². The van der Waals surface area contributed by atoms with Crippen LogP contribution in [0.2, 0.25) is 0 Å². The highest BCUT2D eigenvalue weighted by Crippen LogP contribution is 2.15. The largest absolute Gasteiger partial charge is 0.394 e. The monoisotopic (exact) mass is 509 g/mol. The summed E-state index contributed by atoms with van der Waals surface area (Å²) in [5, 5.41) is 22.2. The average Bonchev–Trinajstić information content (AvgIpc) is 2.87. The Bertz CT molecular complexity index is 480. The van der Waals surface area contributed by atoms with Gasteiger partial charge in [0.1, 0.15) is 0 Å². The van der Waals surface area contributed by atoms with E-state index in [1.165, 1.54) is 128 Å². The first-order chi connectivity index (χ1) is 17.7. The lowest BCUT2D eigenvalue weighted by atomic mass is 10.0. The Morgan fingerprint density at radius 3 is 1.39 bits per heavy atom. The van der Waals surface area contributed by atoms with Crippen molar-refractivity contribution < 1.29 is 15.0 Å². The van der Waals surface area contributed by atoms with Gasteiger partial charge in [0.15, 0.2) is 0 Å². The zero-order valence-electron chi connectivity index (χ0n) is 24.3. The highest BCUT2D eigenvalue weighted by Gasteiger charge is 2.17. The molecule has 0 aromatic carbocycles. The van der Waals surface area contributed by atoms with Crippen LogP contribution in [0.4, 0.5) is 0 Å². The van der Waals surface area contributed by atoms with E-state index in [9.17, 15) is 15.0 Å². The van der Waals surface area contributed by atoms with E-state index in [4.69, 9.17) is 0 Å². The maximum absolute atomic E-state index is 11.6. The van der Waals surface area contributed by atoms with Gasteiger partial charge in [-0.2, -0.15) is 0 Å². The maximum atomic E-state index is 11.6. The second kappa shape index (κ2) is 28.7. The Morgan fingerprint density at radius 2 is 1.03 bits per heavy atom. The standard InChI is InChI=1S/C32H63NO3/c1-3-5-6-7-8-9-10-11-12-13-14-15-16-17-18-19-20-21-22-23-24-25-26-28-31(35)30(29-34)33-32(36)27-4-2/h26,28,30-31,34-35H,3-25,27,29H2,1-2H3,(H,33,36)/b28-26+. The lowest BCUT2D eigenvalue weighted by Crippen LogP contribution is -2.45. The van der Waals surface area contributed by atoms with Gasteiger partial charge in [0.05, 0.1) is 18.8 Å². The fraction of sp³-hybridized carbons (Fsp3) is 0.906. The smallest absolute Gasteiger partial charge is 0.220 e. The number of aliphatic hydroxyl groups excluding tert-OH is 2. The molecule has 36 heavy (non-hydrogen) atoms. The van der Waals surface area contributed by atoms with Crippen LogP contribution in [0.25, 0.3) is 0 Å². The van der Waals surface area contributed by atoms with Gasteiger partial charge in [0, 0.05) is 6.42 Å². The van der Waals surface area contributed by atoms with Crippen molar-refractivity contribution in [3.8, 4) is 0 Å². The molecule has 214 valence electrons. The van der Waals surface area contributed by atoms with Crippen LogP contribution in [0.5, 0.6) is 0 Å². The molecule has 0 heterocycles. The maximum Gasteiger partial charge on any atom is 0.220 e. The lowest BCUT2D eigenvalue weighted by molar-refractivity contribution is -0.122. The summed E-state index contributed by atoms with van der Waals surface area (Å²) in [7, 11) is 0. The van der Waals surface area contributed by atoms with E-state index in [2.05, 4.69) is 12.2 Å². The Morgan fingerprint density at radius 1 is 0.639 bits per heavy atom. The predicted octanol–water partition coefficient (Wildman–Crippen LogP) is 8.78. The molecule has 0 aromatic heterocycles. The van der Waals surface area contributed by atoms with Crippen LogP contribution in [0.3, 0.4) is 0 Å². The van der Waals surface area contributed by atoms with E-state index in [0.29, 0.717) is 6.42 Å². The van der Waals surface area contributed by atoms with Gasteiger partial charge in [-0.3, -0.25) is 4.79 Å². The average molecular weight is 510 g/mol. The minimum absolute atomic E-state index is 0.117. The van der Waals surface area contributed by atoms with Crippen molar-refractivity contribution in [1.82, 2.24) is 5.32 Å². The summed E-state index contributed by atoms with van der Waals surface area (Å²) in [5.74, 6) is -0.117. The van der Waals surface area contributed by atoms with Crippen molar-refractivity contribution in [3.63, 3.8) is 0 Å². The number of carbonyl (C=O) groups excluding carboxylic acids is 1. The molecule has 0 aliphatic rings. The van der Waals surface area contributed by atoms with Gasteiger partial charge in [0.2, 0.25) is 5.91 Å². The van der Waals surface area contributed by atoms with Crippen LogP contribution < -0.4 is 5.32 Å². The van der Waals surface area contributed by atoms with E-state index in [-0.39, 0.29) is 12.5 Å². The third-order valence-electron chi connectivity index (χ3n) is 7.24. The summed E-state index contributed by atoms with van der Waals surface area (Å²) in [6.07, 6.45) is 34.2. The summed E-state index contributed by atoms with van der Waals surface area (Å²) in [6.45, 7) is 3.97. The Labute approximate surface area is 225 Å². The summed E-state index contributed by atoms with van der Waals surface area (Å²) in [6, 6.07) is -0.611. The SMILES string of the molecule is CCCCCCCCCCCCCCCCCCCCCCC/C=C/C(O)C(CO)NC(=O)CCC. The highest BCUT2D eigenvalue weighted by atomic mass is 16.3. The third kappa shape index (κ3) is 24.8. The van der Waals surface area contributed by atoms with Crippen LogP contribution in [0, 0.1) is 0 Å². The Kier molecular flexibility index (Phi) is 28.0. The molecule has 4 nitrogen and oxygen atoms in total. The normalized spacial score (nSPS) is 13.3. The number of hydrogen-bond donors (Lipinski definition) is 3. The van der Waals surface area contributed by atoms with Crippen molar-refractivity contribution in [3.05, 3.63) is 12.2 Å². The topological polar surface area (TPSA) is 69.6 Å². The molecule has 1 amide bonds. The van der Waals surface area contributed by atoms with Crippen LogP contribution in [0.15, 0.2) is 12.2 Å². The van der Waals surface area contributed by atoms with Gasteiger partial charge < -0.3 is 15.5 Å². The molecule has 4 heteroatoms. The van der Waals surface area contributed by atoms with E-state index in [1.54, 1.807) is 6.08 Å². The summed E-state index contributed by atoms with van der Waals surface area (Å²) < 4.78 is 0. The van der Waals surface area contributed by atoms with Gasteiger partial charge in [-0.1, -0.05) is 154 Å². The summed E-state index contributed by atoms with van der Waals surface area (Å²) in [4.78, 5) is 11.6. The van der Waals surface area contributed by atoms with Crippen molar-refractivity contribution >= 4 is 5.91 Å². The van der Waals surface area contributed by atoms with E-state index in [0.717, 1.165) is 19.3 Å². The molecule has 0 saturated carbocycles. The lowest BCUT2D eigenvalue weighted by Gasteiger charge is -2.19. The van der Waals surface area contributed by atoms with E-state index in [1.807, 2.05) is 13.0 Å². The molecule has 3 N–H and O–H groups in total. The molecule has 0 aliphatic carbocycles. The molecule has 2 unspecified atom stereocenters. The zero-order valence-corrected chi connectivity index (χ0v) is 24.3. The number of aliphatic hydroxyl groups is 2. The fourth-order valence-corrected chi connectivity index (χ4v) is 4.81. The molecule has 0 aromatic rings. The molecule has 2 atom stereocenters. The quantitative estimate of drug-likeness (QED) is 0.0729. The number of hydrogen-bond acceptors (Lipinski definition) is 3. The minimum atomic E-state index is -0.828. The summed E-state index contributed by atoms with van der Waals surface area (Å²) >= 11 is 0. The van der Waals surface area contributed by atoms with Crippen LogP contribution in [-0.4, -0.2) is 34.9 Å². The second-order valence-electron chi connectivity index (χ2n) is 10.9. The van der Waals surface area contributed by atoms with Crippen molar-refractivity contribution in [1.29, 1.82) is 0 Å². The minimum Gasteiger partial charge on any atom is -0.394 e. The highest BCUT2D eigenvalue weighted by molar-refractivity contribution is 5.76. The van der Waals surface area contributed by atoms with Crippen LogP contribution >= 0.6 is 0 Å². The summed E-state index contributed by atoms with van der Waals surface area (Å²) in [5.41, 5.74) is 0. The molecule has 0 fully saturated rings. The van der Waals surface area contributed by atoms with Gasteiger partial charge in [-0.15, -0.1) is 0 Å². The molecule has 0 radical (unpaired) electrons. The molecule has 0 saturated heterocycles. The first-order valence-corrected chi connectivity index (χ1v) is 15.9. The molecule has 0 bridgehead atoms. The van der Waals surface area contributed by atoms with Crippen LogP contribution in [-0.2, 0) is 4.79 Å². The third-order valence-corrected chi connectivity index (χ3v) is 7.24. The molecule has 0 spiro atoms. The van der Waals surface area contributed by atoms with Gasteiger partial charge in [-0.05, 0) is 19.3 Å². The van der Waals surface area contributed by atoms with Gasteiger partial charge in [-0.25, -0.2) is 0 Å². The Hall–Kier alpha value is -0.870. The van der Waals surface area contributed by atoms with Crippen LogP contribution in [0.1, 0.15) is 168 Å². The Balaban J connectivity index is 3.34. The molecule has 0 aliphatic heterocycles. The van der Waals surface area contributed by atoms with E-state index >= 15 is 0 Å². The number of rotatable bonds is 28. The molecule has 0 rings (SSSR count). The van der Waals surface area contributed by atoms with Crippen molar-refractivity contribution in [2.45, 2.75) is 180 Å². The molecular formula is C32H63NO3. The van der Waals surface area contributed by atoms with Gasteiger partial charge in [0.25, 0.3) is 0 Å². The number of nitrogens with one attached hydrogen (secondary N) is 1. The van der Waals surface area contributed by atoms with Gasteiger partial charge >= 0.3 is 0 Å². The number of unbranched alkanes of at least 4 members (excludes halogenated alkanes) is 21. The van der Waals surface area contributed by atoms with Crippen molar-refractivity contribution in [2.75, 3.05) is 6.61 Å². The first kappa shape index (κ1) is 35.1. The predicted molar refractivity (Wildman–Crippen MR) is 156 cm³/mol. The second-order valence-corrected chi connectivity index (χ2v) is 10.9. The number of carbonyl (C=O) groups is 1. The number of amides is 1. The fourth-order valence-electron chi connectivity index (χ4n) is 4.81. The number of allylic oxidation sites excluding steroid dienone is 1. The first-order valence-electron chi connectivity index (χ1n) is 15.9.